The first-order valence-electron chi connectivity index (χ1n) is 11.7. The lowest BCUT2D eigenvalue weighted by molar-refractivity contribution is -0.138. The van der Waals surface area contributed by atoms with Gasteiger partial charge >= 0.3 is 0 Å². The number of piperazine rings is 1. The molecule has 178 valence electrons. The maximum absolute atomic E-state index is 13.3. The van der Waals surface area contributed by atoms with Crippen LogP contribution < -0.4 is 9.64 Å². The van der Waals surface area contributed by atoms with Gasteiger partial charge in [0.15, 0.2) is 6.10 Å². The van der Waals surface area contributed by atoms with Crippen LogP contribution in [0.2, 0.25) is 0 Å². The molecule has 1 saturated heterocycles. The van der Waals surface area contributed by atoms with Gasteiger partial charge in [-0.3, -0.25) is 24.3 Å². The number of hydrogen-bond donors (Lipinski definition) is 0. The van der Waals surface area contributed by atoms with Crippen LogP contribution in [0.4, 0.5) is 5.69 Å². The van der Waals surface area contributed by atoms with E-state index in [1.54, 1.807) is 42.3 Å². The molecule has 3 amide bonds. The summed E-state index contributed by atoms with van der Waals surface area (Å²) >= 11 is 0. The molecule has 0 bridgehead atoms. The highest BCUT2D eigenvalue weighted by Gasteiger charge is 2.39. The molecule has 5 rings (SSSR count). The lowest BCUT2D eigenvalue weighted by Gasteiger charge is -2.37. The number of carbonyl (C=O) groups is 3. The van der Waals surface area contributed by atoms with Crippen LogP contribution in [0.3, 0.4) is 0 Å². The van der Waals surface area contributed by atoms with Gasteiger partial charge in [-0.05, 0) is 43.3 Å². The van der Waals surface area contributed by atoms with E-state index in [2.05, 4.69) is 9.88 Å². The molecule has 3 aromatic rings. The molecule has 1 aromatic heterocycles. The van der Waals surface area contributed by atoms with Crippen molar-refractivity contribution in [3.63, 3.8) is 0 Å². The Kier molecular flexibility index (Phi) is 6.18. The second-order valence-electron chi connectivity index (χ2n) is 8.60. The van der Waals surface area contributed by atoms with Crippen molar-refractivity contribution in [2.24, 2.45) is 0 Å². The summed E-state index contributed by atoms with van der Waals surface area (Å²) in [6, 6.07) is 20.1. The predicted molar refractivity (Wildman–Crippen MR) is 130 cm³/mol. The number of amides is 3. The van der Waals surface area contributed by atoms with Crippen molar-refractivity contribution in [3.8, 4) is 5.75 Å². The third kappa shape index (κ3) is 4.47. The van der Waals surface area contributed by atoms with Crippen molar-refractivity contribution in [2.45, 2.75) is 19.6 Å². The van der Waals surface area contributed by atoms with Crippen molar-refractivity contribution >= 4 is 23.4 Å². The van der Waals surface area contributed by atoms with Crippen LogP contribution in [0.15, 0.2) is 72.9 Å². The van der Waals surface area contributed by atoms with Gasteiger partial charge in [0.2, 0.25) is 0 Å². The zero-order chi connectivity index (χ0) is 24.4. The van der Waals surface area contributed by atoms with E-state index < -0.39 is 6.10 Å². The second-order valence-corrected chi connectivity index (χ2v) is 8.60. The van der Waals surface area contributed by atoms with Gasteiger partial charge in [-0.15, -0.1) is 0 Å². The number of hydrogen-bond acceptors (Lipinski definition) is 6. The molecule has 0 spiro atoms. The molecule has 0 saturated carbocycles. The number of aromatic nitrogens is 1. The summed E-state index contributed by atoms with van der Waals surface area (Å²) in [5.41, 5.74) is 2.22. The summed E-state index contributed by atoms with van der Waals surface area (Å²) in [4.78, 5) is 48.6. The molecular formula is C27H26N4O4. The summed E-state index contributed by atoms with van der Waals surface area (Å²) in [7, 11) is 0. The topological polar surface area (TPSA) is 83.1 Å². The van der Waals surface area contributed by atoms with Gasteiger partial charge in [-0.2, -0.15) is 0 Å². The van der Waals surface area contributed by atoms with E-state index in [-0.39, 0.29) is 24.3 Å². The van der Waals surface area contributed by atoms with E-state index in [1.807, 2.05) is 42.5 Å². The number of ether oxygens (including phenoxy) is 1. The molecule has 3 heterocycles. The Morgan fingerprint density at radius 2 is 1.66 bits per heavy atom. The number of imide groups is 1. The molecule has 8 heteroatoms. The van der Waals surface area contributed by atoms with Crippen molar-refractivity contribution < 1.29 is 19.1 Å². The lowest BCUT2D eigenvalue weighted by atomic mass is 10.1. The SMILES string of the molecule is CC(Oc1ccccc1)C(=O)N1CCN(c2cccc3c2C(=O)N(Cc2ccccn2)C3=O)CC1. The number of nitrogens with zero attached hydrogens (tertiary/aromatic N) is 4. The number of carbonyl (C=O) groups excluding carboxylic acids is 3. The normalized spacial score (nSPS) is 16.3. The molecule has 0 radical (unpaired) electrons. The number of fused-ring (bicyclic) bond motifs is 1. The third-order valence-corrected chi connectivity index (χ3v) is 6.36. The molecule has 1 atom stereocenters. The maximum atomic E-state index is 13.3. The fourth-order valence-electron chi connectivity index (χ4n) is 4.55. The maximum Gasteiger partial charge on any atom is 0.264 e. The van der Waals surface area contributed by atoms with Crippen LogP contribution >= 0.6 is 0 Å². The molecule has 2 aliphatic heterocycles. The highest BCUT2D eigenvalue weighted by Crippen LogP contribution is 2.33. The average molecular weight is 471 g/mol. The minimum absolute atomic E-state index is 0.0698. The van der Waals surface area contributed by atoms with Gasteiger partial charge in [0.1, 0.15) is 5.75 Å². The van der Waals surface area contributed by atoms with Crippen LogP contribution in [-0.2, 0) is 11.3 Å². The van der Waals surface area contributed by atoms with Crippen molar-refractivity contribution in [1.82, 2.24) is 14.8 Å². The first kappa shape index (κ1) is 22.6. The molecule has 0 aliphatic carbocycles. The first-order valence-corrected chi connectivity index (χ1v) is 11.7. The van der Waals surface area contributed by atoms with Gasteiger partial charge in [0.05, 0.1) is 29.1 Å². The van der Waals surface area contributed by atoms with Crippen molar-refractivity contribution in [1.29, 1.82) is 0 Å². The van der Waals surface area contributed by atoms with Crippen LogP contribution in [0, 0.1) is 0 Å². The molecule has 1 unspecified atom stereocenters. The van der Waals surface area contributed by atoms with E-state index in [0.717, 1.165) is 5.69 Å². The molecule has 2 aliphatic rings. The Morgan fingerprint density at radius 3 is 2.37 bits per heavy atom. The minimum Gasteiger partial charge on any atom is -0.481 e. The van der Waals surface area contributed by atoms with Crippen molar-refractivity contribution in [3.05, 3.63) is 89.7 Å². The molecule has 8 nitrogen and oxygen atoms in total. The van der Waals surface area contributed by atoms with Crippen LogP contribution in [0.25, 0.3) is 0 Å². The zero-order valence-electron chi connectivity index (χ0n) is 19.5. The van der Waals surface area contributed by atoms with Crippen LogP contribution in [0.1, 0.15) is 33.3 Å². The molecular weight excluding hydrogens is 444 g/mol. The molecule has 35 heavy (non-hydrogen) atoms. The summed E-state index contributed by atoms with van der Waals surface area (Å²) in [6.07, 6.45) is 1.05. The second kappa shape index (κ2) is 9.58. The van der Waals surface area contributed by atoms with E-state index >= 15 is 0 Å². The smallest absolute Gasteiger partial charge is 0.264 e. The van der Waals surface area contributed by atoms with Gasteiger partial charge in [0.25, 0.3) is 17.7 Å². The summed E-state index contributed by atoms with van der Waals surface area (Å²) in [5.74, 6) is -0.0299. The van der Waals surface area contributed by atoms with Gasteiger partial charge in [-0.1, -0.05) is 30.3 Å². The standard InChI is InChI=1S/C27H26N4O4/c1-19(35-21-9-3-2-4-10-21)25(32)30-16-14-29(15-17-30)23-12-7-11-22-24(23)27(34)31(26(22)33)18-20-8-5-6-13-28-20/h2-13,19H,14-18H2,1H3. The van der Waals surface area contributed by atoms with E-state index in [4.69, 9.17) is 4.74 Å². The predicted octanol–water partition coefficient (Wildman–Crippen LogP) is 2.99. The van der Waals surface area contributed by atoms with Crippen LogP contribution in [-0.4, -0.2) is 64.8 Å². The lowest BCUT2D eigenvalue weighted by Crippen LogP contribution is -2.52. The zero-order valence-corrected chi connectivity index (χ0v) is 19.5. The Balaban J connectivity index is 1.27. The Labute approximate surface area is 203 Å². The van der Waals surface area contributed by atoms with Gasteiger partial charge in [-0.25, -0.2) is 0 Å². The number of benzene rings is 2. The largest absolute Gasteiger partial charge is 0.481 e. The Bertz CT molecular complexity index is 1240. The van der Waals surface area contributed by atoms with Gasteiger partial charge < -0.3 is 14.5 Å². The Morgan fingerprint density at radius 1 is 0.914 bits per heavy atom. The highest BCUT2D eigenvalue weighted by molar-refractivity contribution is 6.23. The third-order valence-electron chi connectivity index (χ3n) is 6.36. The van der Waals surface area contributed by atoms with Crippen LogP contribution in [0.5, 0.6) is 5.75 Å². The first-order chi connectivity index (χ1) is 17.0. The quantitative estimate of drug-likeness (QED) is 0.515. The summed E-state index contributed by atoms with van der Waals surface area (Å²) in [6.45, 7) is 4.01. The highest BCUT2D eigenvalue weighted by atomic mass is 16.5. The molecule has 0 N–H and O–H groups in total. The van der Waals surface area contributed by atoms with E-state index in [0.29, 0.717) is 48.7 Å². The fourth-order valence-corrected chi connectivity index (χ4v) is 4.55. The molecule has 1 fully saturated rings. The summed E-state index contributed by atoms with van der Waals surface area (Å²) < 4.78 is 5.79. The Hall–Kier alpha value is -4.20. The monoisotopic (exact) mass is 470 g/mol. The van der Waals surface area contributed by atoms with Gasteiger partial charge in [0, 0.05) is 32.4 Å². The number of pyridine rings is 1. The molecule has 2 aromatic carbocycles. The number of rotatable bonds is 6. The fraction of sp³-hybridized carbons (Fsp3) is 0.259. The number of para-hydroxylation sites is 1. The minimum atomic E-state index is -0.593. The summed E-state index contributed by atoms with van der Waals surface area (Å²) in [5, 5.41) is 0. The van der Waals surface area contributed by atoms with Crippen molar-refractivity contribution in [2.75, 3.05) is 31.1 Å². The van der Waals surface area contributed by atoms with E-state index in [9.17, 15) is 14.4 Å². The number of anilines is 1. The van der Waals surface area contributed by atoms with E-state index in [1.165, 1.54) is 4.90 Å². The average Bonchev–Trinajstić information content (AvgIpc) is 3.14.